The molecule has 1 aliphatic carbocycles. The summed E-state index contributed by atoms with van der Waals surface area (Å²) in [5, 5.41) is 0. The lowest BCUT2D eigenvalue weighted by molar-refractivity contribution is -0.0616. The van der Waals surface area contributed by atoms with Gasteiger partial charge in [-0.25, -0.2) is 9.97 Å². The number of rotatable bonds is 4. The van der Waals surface area contributed by atoms with Crippen LogP contribution in [-0.2, 0) is 16.0 Å². The number of morpholine rings is 1. The number of nitrogens with zero attached hydrogens (tertiary/aromatic N) is 3. The van der Waals surface area contributed by atoms with Gasteiger partial charge in [0.05, 0.1) is 25.9 Å². The quantitative estimate of drug-likeness (QED) is 0.834. The maximum Gasteiger partial charge on any atom is 0.142 e. The highest BCUT2D eigenvalue weighted by Crippen LogP contribution is 2.34. The van der Waals surface area contributed by atoms with Crippen molar-refractivity contribution in [3.05, 3.63) is 24.3 Å². The van der Waals surface area contributed by atoms with Gasteiger partial charge in [-0.2, -0.15) is 0 Å². The lowest BCUT2D eigenvalue weighted by atomic mass is 9.94. The molecular weight excluding hydrogens is 254 g/mol. The zero-order valence-electron chi connectivity index (χ0n) is 12.1. The van der Waals surface area contributed by atoms with Gasteiger partial charge in [-0.15, -0.1) is 0 Å². The molecule has 0 N–H and O–H groups in total. The van der Waals surface area contributed by atoms with Crippen molar-refractivity contribution in [2.24, 2.45) is 5.92 Å². The standard InChI is InChI=1S/C15H23N3O2/c1-19-14-5-2-4-12(14)13-11-20-9-8-18(13)10-15-16-6-3-7-17-15/h3,6-7,12-14H,2,4-5,8-11H2,1H3/t12-,13-,14+/m0/s1. The zero-order chi connectivity index (χ0) is 13.8. The SMILES string of the molecule is CO[C@@H]1CCC[C@H]1[C@@H]1COCCN1Cc1ncccn1. The van der Waals surface area contributed by atoms with Crippen molar-refractivity contribution < 1.29 is 9.47 Å². The van der Waals surface area contributed by atoms with Gasteiger partial charge < -0.3 is 9.47 Å². The Morgan fingerprint density at radius 2 is 2.20 bits per heavy atom. The molecule has 2 fully saturated rings. The van der Waals surface area contributed by atoms with E-state index in [1.165, 1.54) is 19.3 Å². The minimum atomic E-state index is 0.376. The largest absolute Gasteiger partial charge is 0.381 e. The summed E-state index contributed by atoms with van der Waals surface area (Å²) in [7, 11) is 1.83. The van der Waals surface area contributed by atoms with Crippen molar-refractivity contribution in [1.29, 1.82) is 0 Å². The first kappa shape index (κ1) is 13.9. The summed E-state index contributed by atoms with van der Waals surface area (Å²) in [6.07, 6.45) is 7.67. The Morgan fingerprint density at radius 3 is 3.00 bits per heavy atom. The smallest absolute Gasteiger partial charge is 0.142 e. The molecule has 3 rings (SSSR count). The van der Waals surface area contributed by atoms with Crippen LogP contribution in [-0.4, -0.2) is 53.9 Å². The third-order valence-electron chi connectivity index (χ3n) is 4.54. The van der Waals surface area contributed by atoms with E-state index < -0.39 is 0 Å². The van der Waals surface area contributed by atoms with Gasteiger partial charge in [-0.05, 0) is 18.9 Å². The fraction of sp³-hybridized carbons (Fsp3) is 0.733. The molecule has 1 aliphatic heterocycles. The van der Waals surface area contributed by atoms with Crippen LogP contribution in [0.1, 0.15) is 25.1 Å². The van der Waals surface area contributed by atoms with E-state index in [-0.39, 0.29) is 0 Å². The number of ether oxygens (including phenoxy) is 2. The van der Waals surface area contributed by atoms with Gasteiger partial charge in [0.2, 0.25) is 0 Å². The van der Waals surface area contributed by atoms with Gasteiger partial charge in [-0.1, -0.05) is 6.42 Å². The molecule has 110 valence electrons. The summed E-state index contributed by atoms with van der Waals surface area (Å²) < 4.78 is 11.4. The number of hydrogen-bond acceptors (Lipinski definition) is 5. The summed E-state index contributed by atoms with van der Waals surface area (Å²) >= 11 is 0. The van der Waals surface area contributed by atoms with Crippen LogP contribution in [0.3, 0.4) is 0 Å². The van der Waals surface area contributed by atoms with E-state index in [4.69, 9.17) is 9.47 Å². The molecule has 0 unspecified atom stereocenters. The van der Waals surface area contributed by atoms with Gasteiger partial charge in [0, 0.05) is 38.0 Å². The molecule has 20 heavy (non-hydrogen) atoms. The maximum atomic E-state index is 5.72. The highest BCUT2D eigenvalue weighted by atomic mass is 16.5. The van der Waals surface area contributed by atoms with Crippen molar-refractivity contribution in [1.82, 2.24) is 14.9 Å². The van der Waals surface area contributed by atoms with E-state index in [2.05, 4.69) is 14.9 Å². The summed E-state index contributed by atoms with van der Waals surface area (Å²) in [6, 6.07) is 2.29. The van der Waals surface area contributed by atoms with Crippen LogP contribution in [0.2, 0.25) is 0 Å². The van der Waals surface area contributed by atoms with Crippen molar-refractivity contribution in [3.8, 4) is 0 Å². The summed E-state index contributed by atoms with van der Waals surface area (Å²) in [5.74, 6) is 1.47. The van der Waals surface area contributed by atoms with Crippen molar-refractivity contribution in [2.45, 2.75) is 38.0 Å². The average Bonchev–Trinajstić information content (AvgIpc) is 2.97. The van der Waals surface area contributed by atoms with Crippen LogP contribution in [0.4, 0.5) is 0 Å². The molecule has 1 aromatic rings. The maximum absolute atomic E-state index is 5.72. The predicted molar refractivity (Wildman–Crippen MR) is 75.2 cm³/mol. The van der Waals surface area contributed by atoms with Crippen LogP contribution in [0.5, 0.6) is 0 Å². The predicted octanol–water partition coefficient (Wildman–Crippen LogP) is 1.49. The van der Waals surface area contributed by atoms with E-state index in [1.807, 2.05) is 25.6 Å². The average molecular weight is 277 g/mol. The van der Waals surface area contributed by atoms with Gasteiger partial charge in [0.25, 0.3) is 0 Å². The number of hydrogen-bond donors (Lipinski definition) is 0. The molecule has 1 aromatic heterocycles. The molecule has 0 radical (unpaired) electrons. The Kier molecular flexibility index (Phi) is 4.60. The molecular formula is C15H23N3O2. The van der Waals surface area contributed by atoms with E-state index in [0.717, 1.165) is 32.1 Å². The lowest BCUT2D eigenvalue weighted by Gasteiger charge is -2.40. The molecule has 0 aromatic carbocycles. The second-order valence-electron chi connectivity index (χ2n) is 5.65. The van der Waals surface area contributed by atoms with Crippen molar-refractivity contribution >= 4 is 0 Å². The molecule has 5 heteroatoms. The van der Waals surface area contributed by atoms with Crippen LogP contribution in [0.15, 0.2) is 18.5 Å². The van der Waals surface area contributed by atoms with Gasteiger partial charge in [0.1, 0.15) is 5.82 Å². The first-order valence-corrected chi connectivity index (χ1v) is 7.49. The minimum absolute atomic E-state index is 0.376. The molecule has 2 heterocycles. The lowest BCUT2D eigenvalue weighted by Crippen LogP contribution is -2.51. The molecule has 3 atom stereocenters. The highest BCUT2D eigenvalue weighted by molar-refractivity contribution is 4.94. The monoisotopic (exact) mass is 277 g/mol. The van der Waals surface area contributed by atoms with E-state index in [1.54, 1.807) is 0 Å². The van der Waals surface area contributed by atoms with Gasteiger partial charge in [0.15, 0.2) is 0 Å². The third-order valence-corrected chi connectivity index (χ3v) is 4.54. The van der Waals surface area contributed by atoms with Crippen LogP contribution >= 0.6 is 0 Å². The van der Waals surface area contributed by atoms with Crippen molar-refractivity contribution in [2.75, 3.05) is 26.9 Å². The Labute approximate surface area is 120 Å². The fourth-order valence-electron chi connectivity index (χ4n) is 3.53. The van der Waals surface area contributed by atoms with Crippen LogP contribution < -0.4 is 0 Å². The summed E-state index contributed by atoms with van der Waals surface area (Å²) in [5.41, 5.74) is 0. The number of methoxy groups -OCH3 is 1. The Bertz CT molecular complexity index is 415. The molecule has 0 bridgehead atoms. The summed E-state index contributed by atoms with van der Waals surface area (Å²) in [6.45, 7) is 3.36. The molecule has 2 aliphatic rings. The Hall–Kier alpha value is -1.04. The zero-order valence-corrected chi connectivity index (χ0v) is 12.1. The topological polar surface area (TPSA) is 47.5 Å². The molecule has 1 saturated carbocycles. The van der Waals surface area contributed by atoms with E-state index in [0.29, 0.717) is 18.1 Å². The third kappa shape index (κ3) is 3.00. The first-order valence-electron chi connectivity index (χ1n) is 7.49. The Morgan fingerprint density at radius 1 is 1.35 bits per heavy atom. The number of aromatic nitrogens is 2. The molecule has 5 nitrogen and oxygen atoms in total. The molecule has 0 spiro atoms. The van der Waals surface area contributed by atoms with Crippen LogP contribution in [0, 0.1) is 5.92 Å². The summed E-state index contributed by atoms with van der Waals surface area (Å²) in [4.78, 5) is 11.2. The second kappa shape index (κ2) is 6.61. The fourth-order valence-corrected chi connectivity index (χ4v) is 3.53. The second-order valence-corrected chi connectivity index (χ2v) is 5.65. The molecule has 1 saturated heterocycles. The van der Waals surface area contributed by atoms with Crippen molar-refractivity contribution in [3.63, 3.8) is 0 Å². The van der Waals surface area contributed by atoms with Crippen LogP contribution in [0.25, 0.3) is 0 Å². The van der Waals surface area contributed by atoms with E-state index in [9.17, 15) is 0 Å². The normalized spacial score (nSPS) is 31.6. The minimum Gasteiger partial charge on any atom is -0.381 e. The van der Waals surface area contributed by atoms with Gasteiger partial charge >= 0.3 is 0 Å². The highest BCUT2D eigenvalue weighted by Gasteiger charge is 2.38. The molecule has 0 amide bonds. The van der Waals surface area contributed by atoms with Gasteiger partial charge in [-0.3, -0.25) is 4.90 Å². The first-order chi connectivity index (χ1) is 9.88. The van der Waals surface area contributed by atoms with E-state index >= 15 is 0 Å². The Balaban J connectivity index is 1.70.